The maximum absolute atomic E-state index is 13.0. The van der Waals surface area contributed by atoms with Crippen LogP contribution in [0.5, 0.6) is 0 Å². The molecule has 1 fully saturated rings. The third-order valence-electron chi connectivity index (χ3n) is 6.35. The van der Waals surface area contributed by atoms with Crippen LogP contribution in [-0.4, -0.2) is 50.3 Å². The van der Waals surface area contributed by atoms with Crippen LogP contribution in [0.2, 0.25) is 5.02 Å². The van der Waals surface area contributed by atoms with Crippen molar-refractivity contribution in [1.29, 1.82) is 0 Å². The zero-order valence-electron chi connectivity index (χ0n) is 20.3. The largest absolute Gasteiger partial charge is 0.416 e. The Morgan fingerprint density at radius 1 is 0.946 bits per heavy atom. The van der Waals surface area contributed by atoms with Crippen molar-refractivity contribution >= 4 is 21.6 Å². The van der Waals surface area contributed by atoms with E-state index in [9.17, 15) is 21.6 Å². The number of ether oxygens (including phenoxy) is 1. The molecule has 198 valence electrons. The molecule has 1 aliphatic heterocycles. The molecular formula is C27H28ClF3N2O3S. The molecule has 1 atom stereocenters. The van der Waals surface area contributed by atoms with Gasteiger partial charge in [-0.2, -0.15) is 17.5 Å². The molecule has 0 aliphatic carbocycles. The van der Waals surface area contributed by atoms with Crippen molar-refractivity contribution < 1.29 is 26.3 Å². The highest BCUT2D eigenvalue weighted by molar-refractivity contribution is 7.89. The van der Waals surface area contributed by atoms with Crippen LogP contribution in [0.4, 0.5) is 13.2 Å². The van der Waals surface area contributed by atoms with Gasteiger partial charge >= 0.3 is 6.18 Å². The van der Waals surface area contributed by atoms with Crippen LogP contribution in [0.1, 0.15) is 28.4 Å². The number of piperazine rings is 1. The summed E-state index contributed by atoms with van der Waals surface area (Å²) in [6.07, 6.45) is -4.77. The molecule has 3 aromatic carbocycles. The van der Waals surface area contributed by atoms with E-state index in [1.165, 1.54) is 4.31 Å². The Balaban J connectivity index is 1.41. The molecule has 3 aromatic rings. The van der Waals surface area contributed by atoms with Crippen LogP contribution in [0.3, 0.4) is 0 Å². The third-order valence-corrected chi connectivity index (χ3v) is 8.52. The lowest BCUT2D eigenvalue weighted by Crippen LogP contribution is -2.49. The molecule has 0 radical (unpaired) electrons. The molecule has 1 heterocycles. The van der Waals surface area contributed by atoms with E-state index < -0.39 is 21.8 Å². The number of aryl methyl sites for hydroxylation is 1. The van der Waals surface area contributed by atoms with E-state index in [-0.39, 0.29) is 24.1 Å². The van der Waals surface area contributed by atoms with Gasteiger partial charge in [-0.15, -0.1) is 0 Å². The van der Waals surface area contributed by atoms with Gasteiger partial charge in [-0.3, -0.25) is 4.90 Å². The van der Waals surface area contributed by atoms with Crippen LogP contribution in [0.15, 0.2) is 77.7 Å². The normalized spacial score (nSPS) is 16.6. The first kappa shape index (κ1) is 27.6. The Morgan fingerprint density at radius 2 is 1.59 bits per heavy atom. The minimum Gasteiger partial charge on any atom is -0.368 e. The van der Waals surface area contributed by atoms with Gasteiger partial charge in [0.2, 0.25) is 10.0 Å². The molecule has 4 rings (SSSR count). The second kappa shape index (κ2) is 11.5. The number of sulfonamides is 1. The minimum absolute atomic E-state index is 0.144. The molecule has 0 unspecified atom stereocenters. The van der Waals surface area contributed by atoms with Gasteiger partial charge in [-0.25, -0.2) is 8.42 Å². The summed E-state index contributed by atoms with van der Waals surface area (Å²) in [5.41, 5.74) is 2.30. The van der Waals surface area contributed by atoms with Crippen molar-refractivity contribution in [1.82, 2.24) is 9.21 Å². The first-order valence-corrected chi connectivity index (χ1v) is 13.7. The molecule has 1 saturated heterocycles. The van der Waals surface area contributed by atoms with Crippen molar-refractivity contribution in [2.24, 2.45) is 0 Å². The van der Waals surface area contributed by atoms with Gasteiger partial charge < -0.3 is 4.74 Å². The topological polar surface area (TPSA) is 49.9 Å². The van der Waals surface area contributed by atoms with Crippen molar-refractivity contribution in [3.8, 4) is 0 Å². The highest BCUT2D eigenvalue weighted by Gasteiger charge is 2.33. The third kappa shape index (κ3) is 7.12. The average molecular weight is 553 g/mol. The summed E-state index contributed by atoms with van der Waals surface area (Å²) >= 11 is 6.07. The predicted molar refractivity (Wildman–Crippen MR) is 137 cm³/mol. The Labute approximate surface area is 220 Å². The quantitative estimate of drug-likeness (QED) is 0.347. The highest BCUT2D eigenvalue weighted by atomic mass is 35.5. The lowest BCUT2D eigenvalue weighted by Gasteiger charge is -2.36. The molecule has 0 saturated carbocycles. The average Bonchev–Trinajstić information content (AvgIpc) is 2.87. The Morgan fingerprint density at radius 3 is 2.19 bits per heavy atom. The summed E-state index contributed by atoms with van der Waals surface area (Å²) < 4.78 is 72.2. The maximum atomic E-state index is 13.0. The van der Waals surface area contributed by atoms with Gasteiger partial charge in [0, 0.05) is 37.7 Å². The minimum atomic E-state index is -4.52. The SMILES string of the molecule is Cc1cccc(CO[C@@H](CN2CCN(S(=O)(=O)c3ccc(C(F)(F)F)cc3)CC2)c2ccc(Cl)cc2)c1. The number of halogens is 4. The summed E-state index contributed by atoms with van der Waals surface area (Å²) in [6, 6.07) is 19.2. The highest BCUT2D eigenvalue weighted by Crippen LogP contribution is 2.30. The Hall–Kier alpha value is -2.43. The van der Waals surface area contributed by atoms with Gasteiger partial charge in [0.25, 0.3) is 0 Å². The molecule has 37 heavy (non-hydrogen) atoms. The van der Waals surface area contributed by atoms with Gasteiger partial charge in [0.1, 0.15) is 0 Å². The standard InChI is InChI=1S/C27H28ClF3N2O3S/c1-20-3-2-4-21(17-20)19-36-26(22-5-9-24(28)10-6-22)18-32-13-15-33(16-14-32)37(34,35)25-11-7-23(8-12-25)27(29,30)31/h2-12,17,26H,13-16,18-19H2,1H3/t26-/m0/s1. The van der Waals surface area contributed by atoms with Crippen LogP contribution in [0.25, 0.3) is 0 Å². The zero-order chi connectivity index (χ0) is 26.6. The Bertz CT molecular complexity index is 1290. The van der Waals surface area contributed by atoms with E-state index in [4.69, 9.17) is 16.3 Å². The predicted octanol–water partition coefficient (Wildman–Crippen LogP) is 5.93. The number of alkyl halides is 3. The summed E-state index contributed by atoms with van der Waals surface area (Å²) in [4.78, 5) is 1.99. The van der Waals surface area contributed by atoms with Crippen molar-refractivity contribution in [2.75, 3.05) is 32.7 Å². The van der Waals surface area contributed by atoms with E-state index in [0.29, 0.717) is 31.3 Å². The summed E-state index contributed by atoms with van der Waals surface area (Å²) in [7, 11) is -3.89. The van der Waals surface area contributed by atoms with Crippen molar-refractivity contribution in [3.05, 3.63) is 100 Å². The fourth-order valence-electron chi connectivity index (χ4n) is 4.28. The number of rotatable bonds is 8. The van der Waals surface area contributed by atoms with E-state index >= 15 is 0 Å². The molecular weight excluding hydrogens is 525 g/mol. The number of hydrogen-bond acceptors (Lipinski definition) is 4. The first-order chi connectivity index (χ1) is 17.5. The van der Waals surface area contributed by atoms with E-state index in [0.717, 1.165) is 41.0 Å². The molecule has 0 N–H and O–H groups in total. The van der Waals surface area contributed by atoms with Crippen LogP contribution < -0.4 is 0 Å². The van der Waals surface area contributed by atoms with Gasteiger partial charge in [0.15, 0.2) is 0 Å². The van der Waals surface area contributed by atoms with Gasteiger partial charge in [-0.05, 0) is 54.4 Å². The van der Waals surface area contributed by atoms with E-state index in [2.05, 4.69) is 11.0 Å². The fourth-order valence-corrected chi connectivity index (χ4v) is 5.83. The number of hydrogen-bond donors (Lipinski definition) is 0. The molecule has 1 aliphatic rings. The van der Waals surface area contributed by atoms with E-state index in [1.54, 1.807) is 0 Å². The molecule has 0 amide bonds. The van der Waals surface area contributed by atoms with Crippen molar-refractivity contribution in [2.45, 2.75) is 30.7 Å². The van der Waals surface area contributed by atoms with Crippen molar-refractivity contribution in [3.63, 3.8) is 0 Å². The van der Waals surface area contributed by atoms with Crippen LogP contribution in [-0.2, 0) is 27.5 Å². The molecule has 0 spiro atoms. The number of benzene rings is 3. The maximum Gasteiger partial charge on any atom is 0.416 e. The fraction of sp³-hybridized carbons (Fsp3) is 0.333. The lowest BCUT2D eigenvalue weighted by atomic mass is 10.1. The molecule has 0 aromatic heterocycles. The van der Waals surface area contributed by atoms with E-state index in [1.807, 2.05) is 49.4 Å². The summed E-state index contributed by atoms with van der Waals surface area (Å²) in [6.45, 7) is 4.41. The zero-order valence-corrected chi connectivity index (χ0v) is 21.9. The van der Waals surface area contributed by atoms with Crippen LogP contribution in [0, 0.1) is 6.92 Å². The lowest BCUT2D eigenvalue weighted by molar-refractivity contribution is -0.137. The Kier molecular flexibility index (Phi) is 8.60. The number of nitrogens with zero attached hydrogens (tertiary/aromatic N) is 2. The second-order valence-corrected chi connectivity index (χ2v) is 11.4. The van der Waals surface area contributed by atoms with Gasteiger partial charge in [0.05, 0.1) is 23.2 Å². The summed E-state index contributed by atoms with van der Waals surface area (Å²) in [5, 5.41) is 0.628. The molecule has 10 heteroatoms. The van der Waals surface area contributed by atoms with Gasteiger partial charge in [-0.1, -0.05) is 53.6 Å². The first-order valence-electron chi connectivity index (χ1n) is 11.8. The second-order valence-electron chi connectivity index (χ2n) is 9.07. The molecule has 0 bridgehead atoms. The van der Waals surface area contributed by atoms with Crippen LogP contribution >= 0.6 is 11.6 Å². The monoisotopic (exact) mass is 552 g/mol. The smallest absolute Gasteiger partial charge is 0.368 e. The summed E-state index contributed by atoms with van der Waals surface area (Å²) in [5.74, 6) is 0. The molecule has 5 nitrogen and oxygen atoms in total.